The molecule has 3 aromatic rings. The van der Waals surface area contributed by atoms with Crippen molar-refractivity contribution in [2.75, 3.05) is 12.1 Å². The number of amides is 1. The number of benzene rings is 2. The lowest BCUT2D eigenvalue weighted by Crippen LogP contribution is -2.12. The van der Waals surface area contributed by atoms with Gasteiger partial charge in [-0.2, -0.15) is 0 Å². The lowest BCUT2D eigenvalue weighted by Gasteiger charge is -2.06. The molecule has 1 aliphatic rings. The maximum Gasteiger partial charge on any atom is 0.231 e. The Morgan fingerprint density at radius 3 is 2.85 bits per heavy atom. The molecule has 0 spiro atoms. The number of anilines is 1. The SMILES string of the molecule is O=C(CCc1ccc2c(c1)OCO2)Nc1cccc(C#Cc2cccs2)c1. The smallest absolute Gasteiger partial charge is 0.231 e. The van der Waals surface area contributed by atoms with E-state index >= 15 is 0 Å². The van der Waals surface area contributed by atoms with Crippen molar-refractivity contribution in [1.82, 2.24) is 0 Å². The van der Waals surface area contributed by atoms with Gasteiger partial charge in [0.2, 0.25) is 12.7 Å². The molecule has 0 saturated carbocycles. The monoisotopic (exact) mass is 375 g/mol. The number of carbonyl (C=O) groups is 1. The van der Waals surface area contributed by atoms with Crippen molar-refractivity contribution in [3.05, 3.63) is 76.0 Å². The van der Waals surface area contributed by atoms with Gasteiger partial charge in [-0.15, -0.1) is 11.3 Å². The summed E-state index contributed by atoms with van der Waals surface area (Å²) in [4.78, 5) is 13.3. The van der Waals surface area contributed by atoms with Gasteiger partial charge in [0.15, 0.2) is 11.5 Å². The molecule has 134 valence electrons. The highest BCUT2D eigenvalue weighted by atomic mass is 32.1. The maximum atomic E-state index is 12.3. The molecule has 5 heteroatoms. The third kappa shape index (κ3) is 4.49. The summed E-state index contributed by atoms with van der Waals surface area (Å²) in [7, 11) is 0. The molecule has 4 rings (SSSR count). The highest BCUT2D eigenvalue weighted by molar-refractivity contribution is 7.10. The van der Waals surface area contributed by atoms with Gasteiger partial charge < -0.3 is 14.8 Å². The first kappa shape index (κ1) is 17.2. The van der Waals surface area contributed by atoms with Crippen LogP contribution in [0.15, 0.2) is 60.0 Å². The Morgan fingerprint density at radius 1 is 1.04 bits per heavy atom. The molecule has 0 unspecified atom stereocenters. The van der Waals surface area contributed by atoms with Gasteiger partial charge in [-0.1, -0.05) is 30.0 Å². The first-order valence-electron chi connectivity index (χ1n) is 8.60. The maximum absolute atomic E-state index is 12.3. The molecule has 0 saturated heterocycles. The van der Waals surface area contributed by atoms with Gasteiger partial charge in [0.1, 0.15) is 0 Å². The van der Waals surface area contributed by atoms with E-state index in [1.807, 2.05) is 60.0 Å². The van der Waals surface area contributed by atoms with Crippen molar-refractivity contribution in [3.8, 4) is 23.3 Å². The standard InChI is InChI=1S/C22H17NO3S/c24-22(11-8-17-7-10-20-21(14-17)26-15-25-20)23-18-4-1-3-16(13-18)6-9-19-5-2-12-27-19/h1-5,7,10,12-14H,8,11,15H2,(H,23,24). The molecule has 27 heavy (non-hydrogen) atoms. The Kier molecular flexibility index (Phi) is 5.08. The van der Waals surface area contributed by atoms with Crippen molar-refractivity contribution in [2.45, 2.75) is 12.8 Å². The van der Waals surface area contributed by atoms with Crippen molar-refractivity contribution < 1.29 is 14.3 Å². The van der Waals surface area contributed by atoms with Crippen LogP contribution in [0, 0.1) is 11.8 Å². The van der Waals surface area contributed by atoms with Gasteiger partial charge >= 0.3 is 0 Å². The topological polar surface area (TPSA) is 47.6 Å². The molecule has 0 radical (unpaired) electrons. The fraction of sp³-hybridized carbons (Fsp3) is 0.136. The minimum absolute atomic E-state index is 0.0315. The van der Waals surface area contributed by atoms with Crippen LogP contribution in [0.2, 0.25) is 0 Å². The predicted octanol–water partition coefficient (Wildman–Crippen LogP) is 4.45. The fourth-order valence-corrected chi connectivity index (χ4v) is 3.31. The lowest BCUT2D eigenvalue weighted by atomic mass is 10.1. The minimum atomic E-state index is -0.0315. The summed E-state index contributed by atoms with van der Waals surface area (Å²) in [6, 6.07) is 17.3. The first-order valence-corrected chi connectivity index (χ1v) is 9.48. The molecule has 2 aromatic carbocycles. The largest absolute Gasteiger partial charge is 0.454 e. The Morgan fingerprint density at radius 2 is 1.96 bits per heavy atom. The van der Waals surface area contributed by atoms with Crippen molar-refractivity contribution in [2.24, 2.45) is 0 Å². The van der Waals surface area contributed by atoms with Gasteiger partial charge in [0, 0.05) is 17.7 Å². The van der Waals surface area contributed by atoms with Gasteiger partial charge in [-0.3, -0.25) is 4.79 Å². The number of hydrogen-bond donors (Lipinski definition) is 1. The number of carbonyl (C=O) groups excluding carboxylic acids is 1. The summed E-state index contributed by atoms with van der Waals surface area (Å²) >= 11 is 1.61. The summed E-state index contributed by atoms with van der Waals surface area (Å²) in [6.45, 7) is 0.255. The van der Waals surface area contributed by atoms with Gasteiger partial charge in [-0.05, 0) is 53.8 Å². The van der Waals surface area contributed by atoms with E-state index in [2.05, 4.69) is 17.2 Å². The molecule has 1 N–H and O–H groups in total. The Bertz CT molecular complexity index is 1020. The van der Waals surface area contributed by atoms with Crippen LogP contribution in [-0.2, 0) is 11.2 Å². The molecule has 1 amide bonds. The molecule has 0 atom stereocenters. The highest BCUT2D eigenvalue weighted by Gasteiger charge is 2.13. The third-order valence-corrected chi connectivity index (χ3v) is 4.86. The summed E-state index contributed by atoms with van der Waals surface area (Å²) < 4.78 is 10.7. The van der Waals surface area contributed by atoms with Crippen LogP contribution in [-0.4, -0.2) is 12.7 Å². The zero-order valence-electron chi connectivity index (χ0n) is 14.5. The van der Waals surface area contributed by atoms with E-state index in [1.165, 1.54) is 0 Å². The van der Waals surface area contributed by atoms with E-state index in [4.69, 9.17) is 9.47 Å². The van der Waals surface area contributed by atoms with E-state index in [1.54, 1.807) is 11.3 Å². The zero-order chi connectivity index (χ0) is 18.5. The van der Waals surface area contributed by atoms with Gasteiger partial charge in [0.05, 0.1) is 4.88 Å². The third-order valence-electron chi connectivity index (χ3n) is 4.08. The number of rotatable bonds is 4. The zero-order valence-corrected chi connectivity index (χ0v) is 15.3. The summed E-state index contributed by atoms with van der Waals surface area (Å²) in [5.41, 5.74) is 2.67. The molecule has 1 aromatic heterocycles. The molecule has 1 aliphatic heterocycles. The molecular weight excluding hydrogens is 358 g/mol. The van der Waals surface area contributed by atoms with E-state index in [9.17, 15) is 4.79 Å². The van der Waals surface area contributed by atoms with E-state index < -0.39 is 0 Å². The molecule has 0 bridgehead atoms. The average molecular weight is 375 g/mol. The van der Waals surface area contributed by atoms with E-state index in [-0.39, 0.29) is 12.7 Å². The quantitative estimate of drug-likeness (QED) is 0.686. The highest BCUT2D eigenvalue weighted by Crippen LogP contribution is 2.32. The second-order valence-corrected chi connectivity index (χ2v) is 6.99. The number of ether oxygens (including phenoxy) is 2. The predicted molar refractivity (Wildman–Crippen MR) is 106 cm³/mol. The van der Waals surface area contributed by atoms with Crippen molar-refractivity contribution >= 4 is 22.9 Å². The first-order chi connectivity index (χ1) is 13.3. The fourth-order valence-electron chi connectivity index (χ4n) is 2.74. The average Bonchev–Trinajstić information content (AvgIpc) is 3.36. The van der Waals surface area contributed by atoms with Gasteiger partial charge in [0.25, 0.3) is 0 Å². The van der Waals surface area contributed by atoms with Crippen LogP contribution in [0.4, 0.5) is 5.69 Å². The summed E-state index contributed by atoms with van der Waals surface area (Å²) in [5, 5.41) is 4.94. The van der Waals surface area contributed by atoms with E-state index in [0.717, 1.165) is 33.2 Å². The van der Waals surface area contributed by atoms with Gasteiger partial charge in [-0.25, -0.2) is 0 Å². The van der Waals surface area contributed by atoms with Crippen LogP contribution in [0.25, 0.3) is 0 Å². The summed E-state index contributed by atoms with van der Waals surface area (Å²) in [5.74, 6) is 7.71. The second kappa shape index (κ2) is 7.98. The van der Waals surface area contributed by atoms with E-state index in [0.29, 0.717) is 12.8 Å². The number of hydrogen-bond acceptors (Lipinski definition) is 4. The number of aryl methyl sites for hydroxylation is 1. The summed E-state index contributed by atoms with van der Waals surface area (Å²) in [6.07, 6.45) is 1.03. The molecule has 2 heterocycles. The van der Waals surface area contributed by atoms with Crippen LogP contribution in [0.1, 0.15) is 22.4 Å². The lowest BCUT2D eigenvalue weighted by molar-refractivity contribution is -0.116. The van der Waals surface area contributed by atoms with Crippen LogP contribution >= 0.6 is 11.3 Å². The van der Waals surface area contributed by atoms with Crippen LogP contribution in [0.3, 0.4) is 0 Å². The van der Waals surface area contributed by atoms with Crippen LogP contribution in [0.5, 0.6) is 11.5 Å². The van der Waals surface area contributed by atoms with Crippen LogP contribution < -0.4 is 14.8 Å². The van der Waals surface area contributed by atoms with Crippen molar-refractivity contribution in [3.63, 3.8) is 0 Å². The Balaban J connectivity index is 1.35. The number of nitrogens with one attached hydrogen (secondary N) is 1. The second-order valence-electron chi connectivity index (χ2n) is 6.04. The Hall–Kier alpha value is -3.23. The molecule has 0 fully saturated rings. The molecule has 4 nitrogen and oxygen atoms in total. The Labute approximate surface area is 161 Å². The number of thiophene rings is 1. The number of fused-ring (bicyclic) bond motifs is 1. The molecule has 0 aliphatic carbocycles. The van der Waals surface area contributed by atoms with Crippen molar-refractivity contribution in [1.29, 1.82) is 0 Å². The molecular formula is C22H17NO3S. The normalized spacial score (nSPS) is 11.6. The minimum Gasteiger partial charge on any atom is -0.454 e.